The molecule has 0 atom stereocenters. The molecule has 0 aliphatic heterocycles. The van der Waals surface area contributed by atoms with Gasteiger partial charge in [0.05, 0.1) is 0 Å². The fourth-order valence-corrected chi connectivity index (χ4v) is 3.64. The lowest BCUT2D eigenvalue weighted by atomic mass is 9.76. The van der Waals surface area contributed by atoms with E-state index in [-0.39, 0.29) is 5.41 Å². The molecule has 0 unspecified atom stereocenters. The monoisotopic (exact) mass is 275 g/mol. The third-order valence-corrected chi connectivity index (χ3v) is 4.68. The first-order chi connectivity index (χ1) is 9.16. The molecule has 19 heavy (non-hydrogen) atoms. The average molecular weight is 276 g/mol. The molecule has 1 aliphatic rings. The van der Waals surface area contributed by atoms with E-state index in [1.54, 1.807) is 6.07 Å². The van der Waals surface area contributed by atoms with Crippen molar-refractivity contribution in [2.45, 2.75) is 31.1 Å². The fraction of sp³-hybridized carbons (Fsp3) is 0.375. The predicted octanol–water partition coefficient (Wildman–Crippen LogP) is 3.97. The van der Waals surface area contributed by atoms with Crippen LogP contribution in [0.4, 0.5) is 0 Å². The SMILES string of the molecule is NCC1(c2c(O)ccc3cc(Cl)ccc23)CCCC1. The summed E-state index contributed by atoms with van der Waals surface area (Å²) in [4.78, 5) is 0. The van der Waals surface area contributed by atoms with E-state index in [1.165, 1.54) is 12.8 Å². The van der Waals surface area contributed by atoms with Crippen LogP contribution in [0.1, 0.15) is 31.2 Å². The van der Waals surface area contributed by atoms with Crippen molar-refractivity contribution < 1.29 is 5.11 Å². The van der Waals surface area contributed by atoms with Crippen molar-refractivity contribution in [1.29, 1.82) is 0 Å². The second-order valence-corrected chi connectivity index (χ2v) is 5.95. The number of phenolic OH excluding ortho intramolecular Hbond substituents is 1. The lowest BCUT2D eigenvalue weighted by molar-refractivity contribution is 0.409. The molecule has 100 valence electrons. The Hall–Kier alpha value is -1.25. The van der Waals surface area contributed by atoms with E-state index in [2.05, 4.69) is 0 Å². The molecule has 3 N–H and O–H groups in total. The highest BCUT2D eigenvalue weighted by atomic mass is 35.5. The Balaban J connectivity index is 2.29. The third kappa shape index (κ3) is 1.99. The van der Waals surface area contributed by atoms with Crippen LogP contribution in [0.25, 0.3) is 10.8 Å². The van der Waals surface area contributed by atoms with Gasteiger partial charge >= 0.3 is 0 Å². The van der Waals surface area contributed by atoms with Crippen LogP contribution in [0, 0.1) is 0 Å². The summed E-state index contributed by atoms with van der Waals surface area (Å²) in [5.41, 5.74) is 7.00. The molecule has 0 aromatic heterocycles. The van der Waals surface area contributed by atoms with Crippen LogP contribution in [0.15, 0.2) is 30.3 Å². The number of hydrogen-bond donors (Lipinski definition) is 2. The zero-order valence-electron chi connectivity index (χ0n) is 10.8. The van der Waals surface area contributed by atoms with E-state index in [1.807, 2.05) is 24.3 Å². The van der Waals surface area contributed by atoms with Crippen molar-refractivity contribution >= 4 is 22.4 Å². The molecule has 0 spiro atoms. The van der Waals surface area contributed by atoms with E-state index in [0.717, 1.165) is 34.2 Å². The minimum atomic E-state index is -0.0720. The van der Waals surface area contributed by atoms with Gasteiger partial charge < -0.3 is 10.8 Å². The van der Waals surface area contributed by atoms with E-state index in [0.29, 0.717) is 12.3 Å². The Labute approximate surface area is 118 Å². The van der Waals surface area contributed by atoms with Gasteiger partial charge in [-0.15, -0.1) is 0 Å². The molecular formula is C16H18ClNO. The van der Waals surface area contributed by atoms with Crippen molar-refractivity contribution in [3.05, 3.63) is 40.9 Å². The van der Waals surface area contributed by atoms with E-state index >= 15 is 0 Å². The molecule has 2 aromatic carbocycles. The first-order valence-electron chi connectivity index (χ1n) is 6.78. The zero-order valence-corrected chi connectivity index (χ0v) is 11.6. The van der Waals surface area contributed by atoms with Crippen LogP contribution >= 0.6 is 11.6 Å². The summed E-state index contributed by atoms with van der Waals surface area (Å²) in [6.07, 6.45) is 4.47. The lowest BCUT2D eigenvalue weighted by Gasteiger charge is -2.30. The number of fused-ring (bicyclic) bond motifs is 1. The molecule has 2 nitrogen and oxygen atoms in total. The molecule has 3 rings (SSSR count). The van der Waals surface area contributed by atoms with Crippen molar-refractivity contribution in [2.75, 3.05) is 6.54 Å². The van der Waals surface area contributed by atoms with Crippen LogP contribution in [0.2, 0.25) is 5.02 Å². The molecule has 1 aliphatic carbocycles. The second-order valence-electron chi connectivity index (χ2n) is 5.52. The first kappa shape index (κ1) is 12.8. The lowest BCUT2D eigenvalue weighted by Crippen LogP contribution is -2.32. The summed E-state index contributed by atoms with van der Waals surface area (Å²) in [5.74, 6) is 0.363. The molecule has 2 aromatic rings. The van der Waals surface area contributed by atoms with Gasteiger partial charge in [0, 0.05) is 22.5 Å². The van der Waals surface area contributed by atoms with Crippen LogP contribution in [-0.2, 0) is 5.41 Å². The number of rotatable bonds is 2. The topological polar surface area (TPSA) is 46.2 Å². The van der Waals surface area contributed by atoms with Crippen molar-refractivity contribution in [1.82, 2.24) is 0 Å². The fourth-order valence-electron chi connectivity index (χ4n) is 3.45. The number of aromatic hydroxyl groups is 1. The predicted molar refractivity (Wildman–Crippen MR) is 79.8 cm³/mol. The van der Waals surface area contributed by atoms with Gasteiger partial charge in [0.15, 0.2) is 0 Å². The molecule has 0 saturated heterocycles. The van der Waals surface area contributed by atoms with Crippen LogP contribution in [0.5, 0.6) is 5.75 Å². The smallest absolute Gasteiger partial charge is 0.120 e. The second kappa shape index (κ2) is 4.69. The Kier molecular flexibility index (Phi) is 3.15. The van der Waals surface area contributed by atoms with E-state index < -0.39 is 0 Å². The normalized spacial score (nSPS) is 18.0. The Morgan fingerprint density at radius 2 is 1.89 bits per heavy atom. The van der Waals surface area contributed by atoms with Gasteiger partial charge in [0.2, 0.25) is 0 Å². The third-order valence-electron chi connectivity index (χ3n) is 4.44. The van der Waals surface area contributed by atoms with Gasteiger partial charge in [0.25, 0.3) is 0 Å². The summed E-state index contributed by atoms with van der Waals surface area (Å²) in [6, 6.07) is 9.51. The summed E-state index contributed by atoms with van der Waals surface area (Å²) in [7, 11) is 0. The van der Waals surface area contributed by atoms with Crippen molar-refractivity contribution in [2.24, 2.45) is 5.73 Å². The van der Waals surface area contributed by atoms with Crippen LogP contribution < -0.4 is 5.73 Å². The highest BCUT2D eigenvalue weighted by Gasteiger charge is 2.37. The van der Waals surface area contributed by atoms with Gasteiger partial charge in [-0.2, -0.15) is 0 Å². The minimum Gasteiger partial charge on any atom is -0.508 e. The highest BCUT2D eigenvalue weighted by Crippen LogP contribution is 2.46. The summed E-state index contributed by atoms with van der Waals surface area (Å²) < 4.78 is 0. The van der Waals surface area contributed by atoms with Gasteiger partial charge in [-0.1, -0.05) is 36.6 Å². The number of phenols is 1. The summed E-state index contributed by atoms with van der Waals surface area (Å²) >= 11 is 6.05. The largest absolute Gasteiger partial charge is 0.508 e. The molecule has 3 heteroatoms. The molecule has 0 heterocycles. The number of benzene rings is 2. The Bertz CT molecular complexity index is 617. The zero-order chi connectivity index (χ0) is 13.5. The molecular weight excluding hydrogens is 258 g/mol. The Morgan fingerprint density at radius 1 is 1.16 bits per heavy atom. The molecule has 0 radical (unpaired) electrons. The maximum Gasteiger partial charge on any atom is 0.120 e. The average Bonchev–Trinajstić information content (AvgIpc) is 2.88. The standard InChI is InChI=1S/C16H18ClNO/c17-12-4-5-13-11(9-12)3-6-14(19)15(13)16(10-18)7-1-2-8-16/h3-6,9,19H,1-2,7-8,10,18H2. The van der Waals surface area contributed by atoms with Gasteiger partial charge in [-0.05, 0) is 41.8 Å². The molecule has 1 saturated carbocycles. The van der Waals surface area contributed by atoms with E-state index in [9.17, 15) is 5.11 Å². The maximum atomic E-state index is 10.3. The van der Waals surface area contributed by atoms with Crippen LogP contribution in [0.3, 0.4) is 0 Å². The van der Waals surface area contributed by atoms with Gasteiger partial charge in [-0.3, -0.25) is 0 Å². The molecule has 1 fully saturated rings. The number of nitrogens with two attached hydrogens (primary N) is 1. The quantitative estimate of drug-likeness (QED) is 0.871. The summed E-state index contributed by atoms with van der Waals surface area (Å²) in [6.45, 7) is 0.586. The maximum absolute atomic E-state index is 10.3. The first-order valence-corrected chi connectivity index (χ1v) is 7.16. The Morgan fingerprint density at radius 3 is 2.58 bits per heavy atom. The molecule has 0 bridgehead atoms. The van der Waals surface area contributed by atoms with Gasteiger partial charge in [0.1, 0.15) is 5.75 Å². The van der Waals surface area contributed by atoms with Gasteiger partial charge in [-0.25, -0.2) is 0 Å². The highest BCUT2D eigenvalue weighted by molar-refractivity contribution is 6.31. The summed E-state index contributed by atoms with van der Waals surface area (Å²) in [5, 5.41) is 13.2. The van der Waals surface area contributed by atoms with Crippen molar-refractivity contribution in [3.8, 4) is 5.75 Å². The minimum absolute atomic E-state index is 0.0720. The molecule has 0 amide bonds. The van der Waals surface area contributed by atoms with Crippen LogP contribution in [-0.4, -0.2) is 11.7 Å². The van der Waals surface area contributed by atoms with Crippen molar-refractivity contribution in [3.63, 3.8) is 0 Å². The van der Waals surface area contributed by atoms with E-state index in [4.69, 9.17) is 17.3 Å². The number of hydrogen-bond acceptors (Lipinski definition) is 2. The number of halogens is 1.